The van der Waals surface area contributed by atoms with E-state index in [1.807, 2.05) is 0 Å². The van der Waals surface area contributed by atoms with Crippen molar-refractivity contribution in [1.29, 1.82) is 0 Å². The highest BCUT2D eigenvalue weighted by atomic mass is 16.5. The van der Waals surface area contributed by atoms with Crippen LogP contribution in [-0.4, -0.2) is 37.2 Å². The summed E-state index contributed by atoms with van der Waals surface area (Å²) in [5, 5.41) is 0. The van der Waals surface area contributed by atoms with Gasteiger partial charge in [-0.2, -0.15) is 0 Å². The molecule has 0 aromatic heterocycles. The summed E-state index contributed by atoms with van der Waals surface area (Å²) in [4.78, 5) is 2.45. The summed E-state index contributed by atoms with van der Waals surface area (Å²) < 4.78 is 5.75. The second-order valence-corrected chi connectivity index (χ2v) is 5.68. The van der Waals surface area contributed by atoms with Gasteiger partial charge in [-0.15, -0.1) is 0 Å². The minimum absolute atomic E-state index is 0.0984. The molecule has 1 aliphatic heterocycles. The zero-order chi connectivity index (χ0) is 14.4. The van der Waals surface area contributed by atoms with Crippen LogP contribution in [0.1, 0.15) is 43.9 Å². The van der Waals surface area contributed by atoms with Crippen molar-refractivity contribution in [1.82, 2.24) is 4.90 Å². The van der Waals surface area contributed by atoms with E-state index < -0.39 is 0 Å². The Morgan fingerprint density at radius 2 is 2.05 bits per heavy atom. The molecule has 0 bridgehead atoms. The van der Waals surface area contributed by atoms with E-state index in [4.69, 9.17) is 10.5 Å². The quantitative estimate of drug-likeness (QED) is 0.868. The van der Waals surface area contributed by atoms with E-state index in [0.29, 0.717) is 6.10 Å². The van der Waals surface area contributed by atoms with Gasteiger partial charge in [0.15, 0.2) is 0 Å². The highest BCUT2D eigenvalue weighted by Crippen LogP contribution is 2.18. The van der Waals surface area contributed by atoms with Crippen molar-refractivity contribution < 1.29 is 4.74 Å². The van der Waals surface area contributed by atoms with Crippen molar-refractivity contribution in [2.75, 3.05) is 26.2 Å². The summed E-state index contributed by atoms with van der Waals surface area (Å²) in [6, 6.07) is 8.82. The van der Waals surface area contributed by atoms with E-state index in [1.54, 1.807) is 0 Å². The Morgan fingerprint density at radius 1 is 1.30 bits per heavy atom. The molecule has 2 rings (SSSR count). The van der Waals surface area contributed by atoms with Crippen LogP contribution in [0, 0.1) is 0 Å². The van der Waals surface area contributed by atoms with Crippen LogP contribution in [0.3, 0.4) is 0 Å². The standard InChI is InChI=1S/C17H28N2O/c1-3-14-7-9-15(10-8-14)17(18)13-19-11-5-6-16(12-19)20-4-2/h7-10,16-17H,3-6,11-13,18H2,1-2H3. The molecule has 0 amide bonds. The molecule has 3 heteroatoms. The fraction of sp³-hybridized carbons (Fsp3) is 0.647. The van der Waals surface area contributed by atoms with Gasteiger partial charge < -0.3 is 10.5 Å². The van der Waals surface area contributed by atoms with E-state index in [2.05, 4.69) is 43.0 Å². The largest absolute Gasteiger partial charge is 0.377 e. The third-order valence-corrected chi connectivity index (χ3v) is 4.14. The fourth-order valence-corrected chi connectivity index (χ4v) is 2.93. The van der Waals surface area contributed by atoms with Crippen molar-refractivity contribution in [3.8, 4) is 0 Å². The number of nitrogens with two attached hydrogens (primary N) is 1. The predicted octanol–water partition coefficient (Wildman–Crippen LogP) is 2.75. The third-order valence-electron chi connectivity index (χ3n) is 4.14. The summed E-state index contributed by atoms with van der Waals surface area (Å²) in [7, 11) is 0. The lowest BCUT2D eigenvalue weighted by Gasteiger charge is -2.34. The maximum atomic E-state index is 6.35. The highest BCUT2D eigenvalue weighted by molar-refractivity contribution is 5.25. The first-order valence-electron chi connectivity index (χ1n) is 7.91. The predicted molar refractivity (Wildman–Crippen MR) is 83.8 cm³/mol. The molecule has 0 spiro atoms. The molecule has 0 aliphatic carbocycles. The second kappa shape index (κ2) is 7.77. The molecule has 1 saturated heterocycles. The van der Waals surface area contributed by atoms with Gasteiger partial charge in [0.05, 0.1) is 6.10 Å². The number of likely N-dealkylation sites (tertiary alicyclic amines) is 1. The normalized spacial score (nSPS) is 21.9. The number of hydrogen-bond acceptors (Lipinski definition) is 3. The molecule has 0 saturated carbocycles. The monoisotopic (exact) mass is 276 g/mol. The summed E-state index contributed by atoms with van der Waals surface area (Å²) >= 11 is 0. The minimum Gasteiger partial charge on any atom is -0.377 e. The summed E-state index contributed by atoms with van der Waals surface area (Å²) in [6.07, 6.45) is 3.87. The average Bonchev–Trinajstić information content (AvgIpc) is 2.48. The van der Waals surface area contributed by atoms with Gasteiger partial charge in [-0.25, -0.2) is 0 Å². The second-order valence-electron chi connectivity index (χ2n) is 5.68. The van der Waals surface area contributed by atoms with Crippen LogP contribution in [0.5, 0.6) is 0 Å². The molecular formula is C17H28N2O. The van der Waals surface area contributed by atoms with E-state index >= 15 is 0 Å². The van der Waals surface area contributed by atoms with Crippen LogP contribution in [-0.2, 0) is 11.2 Å². The number of nitrogens with zero attached hydrogens (tertiary/aromatic N) is 1. The van der Waals surface area contributed by atoms with Crippen LogP contribution >= 0.6 is 0 Å². The molecule has 2 N–H and O–H groups in total. The molecule has 20 heavy (non-hydrogen) atoms. The fourth-order valence-electron chi connectivity index (χ4n) is 2.93. The first kappa shape index (κ1) is 15.5. The van der Waals surface area contributed by atoms with Crippen molar-refractivity contribution in [2.24, 2.45) is 5.73 Å². The topological polar surface area (TPSA) is 38.5 Å². The number of aryl methyl sites for hydroxylation is 1. The van der Waals surface area contributed by atoms with Crippen LogP contribution in [0.25, 0.3) is 0 Å². The molecule has 112 valence electrons. The molecule has 1 aromatic rings. The van der Waals surface area contributed by atoms with Gasteiger partial charge in [0.25, 0.3) is 0 Å². The lowest BCUT2D eigenvalue weighted by molar-refractivity contribution is 0.00449. The van der Waals surface area contributed by atoms with Gasteiger partial charge in [0, 0.05) is 25.7 Å². The van der Waals surface area contributed by atoms with Crippen molar-refractivity contribution in [3.05, 3.63) is 35.4 Å². The van der Waals surface area contributed by atoms with Crippen LogP contribution in [0.15, 0.2) is 24.3 Å². The maximum Gasteiger partial charge on any atom is 0.0702 e. The Kier molecular flexibility index (Phi) is 6.02. The van der Waals surface area contributed by atoms with Gasteiger partial charge in [-0.05, 0) is 43.9 Å². The number of rotatable bonds is 6. The van der Waals surface area contributed by atoms with Crippen molar-refractivity contribution in [3.63, 3.8) is 0 Å². The van der Waals surface area contributed by atoms with E-state index in [-0.39, 0.29) is 6.04 Å². The molecule has 2 atom stereocenters. The smallest absolute Gasteiger partial charge is 0.0702 e. The number of benzene rings is 1. The van der Waals surface area contributed by atoms with Gasteiger partial charge in [0.2, 0.25) is 0 Å². The molecule has 1 aromatic carbocycles. The summed E-state index contributed by atoms with van der Waals surface area (Å²) in [6.45, 7) is 8.15. The first-order chi connectivity index (χ1) is 9.72. The van der Waals surface area contributed by atoms with Crippen molar-refractivity contribution in [2.45, 2.75) is 45.3 Å². The lowest BCUT2D eigenvalue weighted by atomic mass is 10.0. The zero-order valence-electron chi connectivity index (χ0n) is 12.8. The van der Waals surface area contributed by atoms with Crippen LogP contribution in [0.2, 0.25) is 0 Å². The lowest BCUT2D eigenvalue weighted by Crippen LogP contribution is -2.42. The maximum absolute atomic E-state index is 6.35. The Hall–Kier alpha value is -0.900. The van der Waals surface area contributed by atoms with Gasteiger partial charge >= 0.3 is 0 Å². The summed E-state index contributed by atoms with van der Waals surface area (Å²) in [5.41, 5.74) is 8.96. The van der Waals surface area contributed by atoms with E-state index in [0.717, 1.165) is 32.7 Å². The van der Waals surface area contributed by atoms with Gasteiger partial charge in [-0.1, -0.05) is 31.2 Å². The first-order valence-corrected chi connectivity index (χ1v) is 7.91. The molecule has 3 nitrogen and oxygen atoms in total. The Morgan fingerprint density at radius 3 is 2.70 bits per heavy atom. The Labute approximate surface area is 123 Å². The Bertz CT molecular complexity index is 388. The van der Waals surface area contributed by atoms with Crippen LogP contribution < -0.4 is 5.73 Å². The van der Waals surface area contributed by atoms with Crippen molar-refractivity contribution >= 4 is 0 Å². The molecule has 2 unspecified atom stereocenters. The van der Waals surface area contributed by atoms with Gasteiger partial charge in [-0.3, -0.25) is 4.90 Å². The van der Waals surface area contributed by atoms with Gasteiger partial charge in [0.1, 0.15) is 0 Å². The SMILES string of the molecule is CCOC1CCCN(CC(N)c2ccc(CC)cc2)C1. The molecule has 1 fully saturated rings. The van der Waals surface area contributed by atoms with E-state index in [1.165, 1.54) is 24.0 Å². The number of ether oxygens (including phenoxy) is 1. The number of piperidine rings is 1. The molecule has 0 radical (unpaired) electrons. The minimum atomic E-state index is 0.0984. The molecule has 1 heterocycles. The molecule has 1 aliphatic rings. The average molecular weight is 276 g/mol. The Balaban J connectivity index is 1.87. The third kappa shape index (κ3) is 4.30. The zero-order valence-corrected chi connectivity index (χ0v) is 12.8. The summed E-state index contributed by atoms with van der Waals surface area (Å²) in [5.74, 6) is 0. The van der Waals surface area contributed by atoms with Crippen LogP contribution in [0.4, 0.5) is 0 Å². The highest BCUT2D eigenvalue weighted by Gasteiger charge is 2.21. The number of hydrogen-bond donors (Lipinski definition) is 1. The molecular weight excluding hydrogens is 248 g/mol. The van der Waals surface area contributed by atoms with E-state index in [9.17, 15) is 0 Å².